The number of hydrogen-bond acceptors (Lipinski definition) is 2. The molecule has 2 N–H and O–H groups in total. The molecule has 0 aliphatic carbocycles. The van der Waals surface area contributed by atoms with E-state index in [9.17, 15) is 14.7 Å². The van der Waals surface area contributed by atoms with Gasteiger partial charge in [-0.3, -0.25) is 9.59 Å². The van der Waals surface area contributed by atoms with Crippen LogP contribution in [0.3, 0.4) is 0 Å². The fourth-order valence-corrected chi connectivity index (χ4v) is 1.91. The van der Waals surface area contributed by atoms with Crippen LogP contribution >= 0.6 is 0 Å². The first-order chi connectivity index (χ1) is 9.38. The SMILES string of the molecule is CC(C)=CC(=O)NC[C@@H](Cc1cccc(C)c1)C(=O)O. The van der Waals surface area contributed by atoms with Gasteiger partial charge in [-0.15, -0.1) is 0 Å². The molecule has 0 radical (unpaired) electrons. The Balaban J connectivity index is 2.64. The lowest BCUT2D eigenvalue weighted by Crippen LogP contribution is -2.33. The monoisotopic (exact) mass is 275 g/mol. The largest absolute Gasteiger partial charge is 0.481 e. The molecule has 0 saturated carbocycles. The predicted octanol–water partition coefficient (Wildman–Crippen LogP) is 2.32. The van der Waals surface area contributed by atoms with Gasteiger partial charge < -0.3 is 10.4 Å². The molecule has 0 aliphatic rings. The van der Waals surface area contributed by atoms with E-state index in [1.54, 1.807) is 0 Å². The molecule has 20 heavy (non-hydrogen) atoms. The molecule has 0 fully saturated rings. The summed E-state index contributed by atoms with van der Waals surface area (Å²) < 4.78 is 0. The smallest absolute Gasteiger partial charge is 0.308 e. The summed E-state index contributed by atoms with van der Waals surface area (Å²) in [6.45, 7) is 5.74. The van der Waals surface area contributed by atoms with Crippen LogP contribution in [0.25, 0.3) is 0 Å². The van der Waals surface area contributed by atoms with Crippen molar-refractivity contribution in [2.45, 2.75) is 27.2 Å². The number of nitrogens with one attached hydrogen (secondary N) is 1. The number of carbonyl (C=O) groups is 2. The minimum atomic E-state index is -0.899. The van der Waals surface area contributed by atoms with E-state index in [1.807, 2.05) is 45.0 Å². The van der Waals surface area contributed by atoms with Crippen molar-refractivity contribution in [3.05, 3.63) is 47.0 Å². The third-order valence-corrected chi connectivity index (χ3v) is 2.86. The molecule has 0 heterocycles. The molecular weight excluding hydrogens is 254 g/mol. The number of benzene rings is 1. The Hall–Kier alpha value is -2.10. The van der Waals surface area contributed by atoms with Crippen molar-refractivity contribution in [2.75, 3.05) is 6.54 Å². The van der Waals surface area contributed by atoms with Gasteiger partial charge in [0, 0.05) is 12.6 Å². The van der Waals surface area contributed by atoms with Crippen LogP contribution in [0.2, 0.25) is 0 Å². The van der Waals surface area contributed by atoms with E-state index in [4.69, 9.17) is 0 Å². The molecule has 1 atom stereocenters. The molecule has 1 aromatic rings. The zero-order valence-corrected chi connectivity index (χ0v) is 12.1. The van der Waals surface area contributed by atoms with Gasteiger partial charge in [-0.25, -0.2) is 0 Å². The molecule has 1 aromatic carbocycles. The maximum Gasteiger partial charge on any atom is 0.308 e. The highest BCUT2D eigenvalue weighted by atomic mass is 16.4. The van der Waals surface area contributed by atoms with E-state index < -0.39 is 11.9 Å². The van der Waals surface area contributed by atoms with Crippen LogP contribution in [0, 0.1) is 12.8 Å². The van der Waals surface area contributed by atoms with Crippen molar-refractivity contribution in [1.82, 2.24) is 5.32 Å². The van der Waals surface area contributed by atoms with Gasteiger partial charge in [0.05, 0.1) is 5.92 Å². The third-order valence-electron chi connectivity index (χ3n) is 2.86. The molecule has 0 unspecified atom stereocenters. The van der Waals surface area contributed by atoms with Gasteiger partial charge in [0.15, 0.2) is 0 Å². The summed E-state index contributed by atoms with van der Waals surface area (Å²) in [7, 11) is 0. The van der Waals surface area contributed by atoms with Crippen LogP contribution in [0.4, 0.5) is 0 Å². The minimum Gasteiger partial charge on any atom is -0.481 e. The number of aryl methyl sites for hydroxylation is 1. The molecular formula is C16H21NO3. The number of amides is 1. The predicted molar refractivity (Wildman–Crippen MR) is 78.4 cm³/mol. The van der Waals surface area contributed by atoms with E-state index in [-0.39, 0.29) is 12.5 Å². The highest BCUT2D eigenvalue weighted by Gasteiger charge is 2.18. The summed E-state index contributed by atoms with van der Waals surface area (Å²) in [5.41, 5.74) is 2.95. The zero-order valence-electron chi connectivity index (χ0n) is 12.1. The number of carboxylic acids is 1. The molecule has 108 valence electrons. The van der Waals surface area contributed by atoms with Crippen molar-refractivity contribution in [2.24, 2.45) is 5.92 Å². The van der Waals surface area contributed by atoms with Crippen LogP contribution in [-0.4, -0.2) is 23.5 Å². The first-order valence-electron chi connectivity index (χ1n) is 6.59. The van der Waals surface area contributed by atoms with E-state index in [1.165, 1.54) is 6.08 Å². The second-order valence-corrected chi connectivity index (χ2v) is 5.20. The zero-order chi connectivity index (χ0) is 15.1. The van der Waals surface area contributed by atoms with Crippen molar-refractivity contribution >= 4 is 11.9 Å². The number of hydrogen-bond donors (Lipinski definition) is 2. The quantitative estimate of drug-likeness (QED) is 0.783. The van der Waals surface area contributed by atoms with Crippen LogP contribution in [0.15, 0.2) is 35.9 Å². The van der Waals surface area contributed by atoms with Gasteiger partial charge in [0.25, 0.3) is 0 Å². The van der Waals surface area contributed by atoms with Crippen LogP contribution in [-0.2, 0) is 16.0 Å². The number of carbonyl (C=O) groups excluding carboxylic acids is 1. The summed E-state index contributed by atoms with van der Waals surface area (Å²) in [5, 5.41) is 11.9. The maximum atomic E-state index is 11.5. The lowest BCUT2D eigenvalue weighted by atomic mass is 9.98. The van der Waals surface area contributed by atoms with E-state index >= 15 is 0 Å². The van der Waals surface area contributed by atoms with Crippen molar-refractivity contribution in [1.29, 1.82) is 0 Å². The highest BCUT2D eigenvalue weighted by molar-refractivity contribution is 5.88. The van der Waals surface area contributed by atoms with E-state index in [2.05, 4.69) is 5.32 Å². The lowest BCUT2D eigenvalue weighted by molar-refractivity contribution is -0.141. The second kappa shape index (κ2) is 7.48. The first kappa shape index (κ1) is 16.0. The molecule has 1 rings (SSSR count). The summed E-state index contributed by atoms with van der Waals surface area (Å²) in [6.07, 6.45) is 1.87. The van der Waals surface area contributed by atoms with Gasteiger partial charge >= 0.3 is 5.97 Å². The Bertz CT molecular complexity index is 516. The molecule has 4 nitrogen and oxygen atoms in total. The normalized spacial score (nSPS) is 11.6. The number of rotatable bonds is 6. The molecule has 0 aromatic heterocycles. The van der Waals surface area contributed by atoms with Gasteiger partial charge in [-0.1, -0.05) is 35.4 Å². The van der Waals surface area contributed by atoms with Gasteiger partial charge in [0.2, 0.25) is 5.91 Å². The van der Waals surface area contributed by atoms with Gasteiger partial charge in [0.1, 0.15) is 0 Å². The lowest BCUT2D eigenvalue weighted by Gasteiger charge is -2.13. The molecule has 0 saturated heterocycles. The standard InChI is InChI=1S/C16H21NO3/c1-11(2)7-15(18)17-10-14(16(19)20)9-13-6-4-5-12(3)8-13/h4-8,14H,9-10H2,1-3H3,(H,17,18)(H,19,20)/t14-/m1/s1. The summed E-state index contributed by atoms with van der Waals surface area (Å²) >= 11 is 0. The highest BCUT2D eigenvalue weighted by Crippen LogP contribution is 2.11. The Labute approximate surface area is 119 Å². The van der Waals surface area contributed by atoms with Crippen LogP contribution in [0.1, 0.15) is 25.0 Å². The second-order valence-electron chi connectivity index (χ2n) is 5.20. The van der Waals surface area contributed by atoms with Gasteiger partial charge in [-0.2, -0.15) is 0 Å². The molecule has 4 heteroatoms. The average molecular weight is 275 g/mol. The summed E-state index contributed by atoms with van der Waals surface area (Å²) in [4.78, 5) is 22.8. The number of aliphatic carboxylic acids is 1. The molecule has 0 aliphatic heterocycles. The van der Waals surface area contributed by atoms with Gasteiger partial charge in [-0.05, 0) is 32.8 Å². The van der Waals surface area contributed by atoms with Crippen LogP contribution < -0.4 is 5.32 Å². The topological polar surface area (TPSA) is 66.4 Å². The average Bonchev–Trinajstić information content (AvgIpc) is 2.33. The maximum absolute atomic E-state index is 11.5. The number of carboxylic acid groups (broad SMARTS) is 1. The number of allylic oxidation sites excluding steroid dienone is 1. The minimum absolute atomic E-state index is 0.131. The fourth-order valence-electron chi connectivity index (χ4n) is 1.91. The third kappa shape index (κ3) is 5.69. The van der Waals surface area contributed by atoms with Crippen LogP contribution in [0.5, 0.6) is 0 Å². The fraction of sp³-hybridized carbons (Fsp3) is 0.375. The van der Waals surface area contributed by atoms with Crippen molar-refractivity contribution < 1.29 is 14.7 Å². The van der Waals surface area contributed by atoms with Crippen molar-refractivity contribution in [3.8, 4) is 0 Å². The summed E-state index contributed by atoms with van der Waals surface area (Å²) in [5.74, 6) is -1.77. The Morgan fingerprint density at radius 1 is 1.35 bits per heavy atom. The van der Waals surface area contributed by atoms with Crippen molar-refractivity contribution in [3.63, 3.8) is 0 Å². The Morgan fingerprint density at radius 3 is 2.60 bits per heavy atom. The molecule has 1 amide bonds. The Kier molecular flexibility index (Phi) is 5.97. The van der Waals surface area contributed by atoms with E-state index in [0.717, 1.165) is 16.7 Å². The van der Waals surface area contributed by atoms with E-state index in [0.29, 0.717) is 6.42 Å². The Morgan fingerprint density at radius 2 is 2.05 bits per heavy atom. The summed E-state index contributed by atoms with van der Waals surface area (Å²) in [6, 6.07) is 7.75. The molecule has 0 bridgehead atoms. The first-order valence-corrected chi connectivity index (χ1v) is 6.59. The molecule has 0 spiro atoms.